The SMILES string of the molecule is O=C1CC2(C(=O)Oc3cc(O)c(Br)cc32)c2cc(Br)c(O)cc2O1. The summed E-state index contributed by atoms with van der Waals surface area (Å²) in [5.74, 6) is -1.16. The van der Waals surface area contributed by atoms with Gasteiger partial charge in [0.2, 0.25) is 0 Å². The highest BCUT2D eigenvalue weighted by atomic mass is 79.9. The van der Waals surface area contributed by atoms with Gasteiger partial charge in [-0.2, -0.15) is 0 Å². The second-order valence-corrected chi connectivity index (χ2v) is 7.25. The van der Waals surface area contributed by atoms with Gasteiger partial charge < -0.3 is 19.7 Å². The standard InChI is InChI=1S/C16H8Br2O6/c17-8-1-6-12(3-10(8)19)23-14(21)5-16(6)7-2-9(18)11(20)4-13(7)24-15(16)22/h1-4,19-20H,5H2. The van der Waals surface area contributed by atoms with Crippen LogP contribution in [0.1, 0.15) is 17.5 Å². The van der Waals surface area contributed by atoms with Crippen LogP contribution in [0, 0.1) is 0 Å². The van der Waals surface area contributed by atoms with E-state index in [2.05, 4.69) is 31.9 Å². The highest BCUT2D eigenvalue weighted by Crippen LogP contribution is 2.54. The van der Waals surface area contributed by atoms with Gasteiger partial charge in [-0.1, -0.05) is 0 Å². The molecule has 0 amide bonds. The van der Waals surface area contributed by atoms with Gasteiger partial charge in [-0.3, -0.25) is 9.59 Å². The van der Waals surface area contributed by atoms with E-state index in [9.17, 15) is 19.8 Å². The summed E-state index contributed by atoms with van der Waals surface area (Å²) in [6.07, 6.45) is -0.236. The number of hydrogen-bond acceptors (Lipinski definition) is 6. The van der Waals surface area contributed by atoms with Crippen molar-refractivity contribution in [1.82, 2.24) is 0 Å². The van der Waals surface area contributed by atoms with Crippen LogP contribution in [0.15, 0.2) is 33.2 Å². The molecule has 0 saturated carbocycles. The molecule has 2 aromatic carbocycles. The quantitative estimate of drug-likeness (QED) is 0.468. The minimum Gasteiger partial charge on any atom is -0.507 e. The number of aromatic hydroxyl groups is 2. The zero-order valence-electron chi connectivity index (χ0n) is 11.8. The number of benzene rings is 2. The highest BCUT2D eigenvalue weighted by molar-refractivity contribution is 9.10. The van der Waals surface area contributed by atoms with E-state index in [0.29, 0.717) is 20.1 Å². The second-order valence-electron chi connectivity index (χ2n) is 5.55. The van der Waals surface area contributed by atoms with Gasteiger partial charge in [0.15, 0.2) is 0 Å². The fraction of sp³-hybridized carbons (Fsp3) is 0.125. The molecule has 0 bridgehead atoms. The Morgan fingerprint density at radius 1 is 0.875 bits per heavy atom. The van der Waals surface area contributed by atoms with Crippen LogP contribution in [-0.4, -0.2) is 22.2 Å². The Bertz CT molecular complexity index is 939. The smallest absolute Gasteiger partial charge is 0.327 e. The molecule has 1 spiro atoms. The number of ether oxygens (including phenoxy) is 2. The number of fused-ring (bicyclic) bond motifs is 4. The van der Waals surface area contributed by atoms with Crippen LogP contribution in [0.5, 0.6) is 23.0 Å². The van der Waals surface area contributed by atoms with Gasteiger partial charge in [-0.05, 0) is 44.0 Å². The van der Waals surface area contributed by atoms with Crippen molar-refractivity contribution in [3.63, 3.8) is 0 Å². The number of carbonyl (C=O) groups excluding carboxylic acids is 2. The molecule has 122 valence electrons. The van der Waals surface area contributed by atoms with Gasteiger partial charge in [0.05, 0.1) is 15.4 Å². The molecule has 0 aromatic heterocycles. The first-order chi connectivity index (χ1) is 11.3. The first-order valence-electron chi connectivity index (χ1n) is 6.82. The monoisotopic (exact) mass is 454 g/mol. The van der Waals surface area contributed by atoms with E-state index >= 15 is 0 Å². The molecule has 0 saturated heterocycles. The summed E-state index contributed by atoms with van der Waals surface area (Å²) in [4.78, 5) is 24.8. The predicted octanol–water partition coefficient (Wildman–Crippen LogP) is 3.14. The molecule has 2 heterocycles. The number of phenolic OH excluding ortho intramolecular Hbond substituents is 2. The third-order valence-electron chi connectivity index (χ3n) is 4.20. The number of rotatable bonds is 0. The number of phenols is 2. The summed E-state index contributed by atoms with van der Waals surface area (Å²) in [5, 5.41) is 19.7. The molecule has 2 N–H and O–H groups in total. The van der Waals surface area contributed by atoms with Crippen LogP contribution in [0.25, 0.3) is 0 Å². The van der Waals surface area contributed by atoms with Crippen molar-refractivity contribution in [2.75, 3.05) is 0 Å². The Morgan fingerprint density at radius 3 is 1.92 bits per heavy atom. The van der Waals surface area contributed by atoms with Crippen LogP contribution in [0.2, 0.25) is 0 Å². The van der Waals surface area contributed by atoms with Gasteiger partial charge in [0, 0.05) is 23.3 Å². The number of esters is 2. The van der Waals surface area contributed by atoms with Crippen molar-refractivity contribution in [3.05, 3.63) is 44.3 Å². The molecule has 0 aliphatic carbocycles. The first kappa shape index (κ1) is 15.5. The van der Waals surface area contributed by atoms with Crippen LogP contribution >= 0.6 is 31.9 Å². The molecule has 24 heavy (non-hydrogen) atoms. The van der Waals surface area contributed by atoms with Gasteiger partial charge in [0.25, 0.3) is 0 Å². The van der Waals surface area contributed by atoms with E-state index in [4.69, 9.17) is 9.47 Å². The molecule has 1 unspecified atom stereocenters. The van der Waals surface area contributed by atoms with Gasteiger partial charge in [-0.25, -0.2) is 0 Å². The fourth-order valence-electron chi connectivity index (χ4n) is 3.11. The lowest BCUT2D eigenvalue weighted by Gasteiger charge is -2.31. The average molecular weight is 456 g/mol. The molecule has 2 aromatic rings. The summed E-state index contributed by atoms with van der Waals surface area (Å²) >= 11 is 6.43. The van der Waals surface area contributed by atoms with E-state index in [1.54, 1.807) is 6.07 Å². The van der Waals surface area contributed by atoms with Crippen molar-refractivity contribution in [1.29, 1.82) is 0 Å². The van der Waals surface area contributed by atoms with Crippen molar-refractivity contribution >= 4 is 43.8 Å². The van der Waals surface area contributed by atoms with Crippen LogP contribution < -0.4 is 9.47 Å². The summed E-state index contributed by atoms with van der Waals surface area (Å²) in [6, 6.07) is 5.69. The third kappa shape index (κ3) is 1.93. The van der Waals surface area contributed by atoms with Crippen LogP contribution in [-0.2, 0) is 15.0 Å². The normalized spacial score (nSPS) is 21.2. The zero-order valence-corrected chi connectivity index (χ0v) is 15.0. The Hall–Kier alpha value is -2.06. The Morgan fingerprint density at radius 2 is 1.38 bits per heavy atom. The minimum atomic E-state index is -1.38. The van der Waals surface area contributed by atoms with E-state index < -0.39 is 17.4 Å². The number of carbonyl (C=O) groups is 2. The lowest BCUT2D eigenvalue weighted by Crippen LogP contribution is -2.42. The molecule has 4 rings (SSSR count). The summed E-state index contributed by atoms with van der Waals surface area (Å²) in [6.45, 7) is 0. The highest BCUT2D eigenvalue weighted by Gasteiger charge is 2.56. The third-order valence-corrected chi connectivity index (χ3v) is 5.47. The Labute approximate surface area is 152 Å². The van der Waals surface area contributed by atoms with Gasteiger partial charge in [0.1, 0.15) is 28.4 Å². The molecule has 0 radical (unpaired) electrons. The van der Waals surface area contributed by atoms with E-state index in [1.807, 2.05) is 0 Å². The first-order valence-corrected chi connectivity index (χ1v) is 8.40. The zero-order chi connectivity index (χ0) is 17.2. The molecule has 0 fully saturated rings. The molecule has 2 aliphatic heterocycles. The van der Waals surface area contributed by atoms with Crippen LogP contribution in [0.3, 0.4) is 0 Å². The van der Waals surface area contributed by atoms with Crippen molar-refractivity contribution in [3.8, 4) is 23.0 Å². The summed E-state index contributed by atoms with van der Waals surface area (Å²) < 4.78 is 11.2. The summed E-state index contributed by atoms with van der Waals surface area (Å²) in [7, 11) is 0. The largest absolute Gasteiger partial charge is 0.507 e. The van der Waals surface area contributed by atoms with E-state index in [-0.39, 0.29) is 29.4 Å². The lowest BCUT2D eigenvalue weighted by atomic mass is 9.71. The molecule has 8 heteroatoms. The lowest BCUT2D eigenvalue weighted by molar-refractivity contribution is -0.145. The van der Waals surface area contributed by atoms with Gasteiger partial charge >= 0.3 is 11.9 Å². The topological polar surface area (TPSA) is 93.1 Å². The molecular formula is C16H8Br2O6. The predicted molar refractivity (Wildman–Crippen MR) is 88.3 cm³/mol. The second kappa shape index (κ2) is 4.97. The van der Waals surface area contributed by atoms with Crippen LogP contribution in [0.4, 0.5) is 0 Å². The molecule has 2 aliphatic rings. The number of hydrogen-bond donors (Lipinski definition) is 2. The molecule has 6 nitrogen and oxygen atoms in total. The molecular weight excluding hydrogens is 448 g/mol. The maximum atomic E-state index is 12.7. The maximum absolute atomic E-state index is 12.7. The van der Waals surface area contributed by atoms with Crippen molar-refractivity contribution in [2.45, 2.75) is 11.8 Å². The fourth-order valence-corrected chi connectivity index (χ4v) is 3.80. The van der Waals surface area contributed by atoms with E-state index in [0.717, 1.165) is 0 Å². The average Bonchev–Trinajstić information content (AvgIpc) is 2.75. The van der Waals surface area contributed by atoms with Gasteiger partial charge in [-0.15, -0.1) is 0 Å². The van der Waals surface area contributed by atoms with Crippen molar-refractivity contribution < 1.29 is 29.3 Å². The number of halogens is 2. The van der Waals surface area contributed by atoms with Crippen molar-refractivity contribution in [2.24, 2.45) is 0 Å². The Balaban J connectivity index is 2.07. The molecule has 1 atom stereocenters. The Kier molecular flexibility index (Phi) is 3.20. The minimum absolute atomic E-state index is 0.0795. The maximum Gasteiger partial charge on any atom is 0.327 e. The summed E-state index contributed by atoms with van der Waals surface area (Å²) in [5.41, 5.74) is -0.521. The van der Waals surface area contributed by atoms with E-state index in [1.165, 1.54) is 18.2 Å².